The zero-order chi connectivity index (χ0) is 10.9. The average Bonchev–Trinajstić information content (AvgIpc) is 2.79. The second kappa shape index (κ2) is 3.71. The highest BCUT2D eigenvalue weighted by Gasteiger charge is 2.36. The van der Waals surface area contributed by atoms with Gasteiger partial charge in [0.2, 0.25) is 5.91 Å². The van der Waals surface area contributed by atoms with Crippen molar-refractivity contribution < 1.29 is 9.59 Å². The number of nitrogens with one attached hydrogen (secondary N) is 1. The average molecular weight is 197 g/mol. The topological polar surface area (TPSA) is 46.2 Å². The first-order valence-electron chi connectivity index (χ1n) is 5.14. The predicted molar refractivity (Wildman–Crippen MR) is 54.8 cm³/mol. The number of amides is 1. The fourth-order valence-corrected chi connectivity index (χ4v) is 1.34. The summed E-state index contributed by atoms with van der Waals surface area (Å²) in [5.74, 6) is 0.425. The normalized spacial score (nSPS) is 18.9. The van der Waals surface area contributed by atoms with Gasteiger partial charge in [-0.15, -0.1) is 0 Å². The van der Waals surface area contributed by atoms with Crippen LogP contribution in [-0.4, -0.2) is 17.7 Å². The van der Waals surface area contributed by atoms with E-state index in [2.05, 4.69) is 5.32 Å². The van der Waals surface area contributed by atoms with Crippen LogP contribution in [0.4, 0.5) is 0 Å². The Labute approximate surface area is 85.3 Å². The number of hydrogen-bond acceptors (Lipinski definition) is 2. The lowest BCUT2D eigenvalue weighted by Crippen LogP contribution is -2.46. The lowest BCUT2D eigenvalue weighted by atomic mass is 9.94. The summed E-state index contributed by atoms with van der Waals surface area (Å²) in [4.78, 5) is 22.9. The molecule has 3 nitrogen and oxygen atoms in total. The van der Waals surface area contributed by atoms with Crippen molar-refractivity contribution >= 4 is 11.7 Å². The maximum Gasteiger partial charge on any atom is 0.225 e. The molecular weight excluding hydrogens is 178 g/mol. The van der Waals surface area contributed by atoms with Crippen molar-refractivity contribution in [2.45, 2.75) is 46.6 Å². The summed E-state index contributed by atoms with van der Waals surface area (Å²) in [6.45, 7) is 7.11. The highest BCUT2D eigenvalue weighted by atomic mass is 16.2. The second-order valence-electron chi connectivity index (χ2n) is 5.15. The third-order valence-electron chi connectivity index (χ3n) is 2.50. The molecule has 1 unspecified atom stereocenters. The first-order valence-corrected chi connectivity index (χ1v) is 5.14. The maximum atomic E-state index is 11.6. The minimum absolute atomic E-state index is 0.0374. The maximum absolute atomic E-state index is 11.6. The van der Waals surface area contributed by atoms with Gasteiger partial charge in [-0.2, -0.15) is 0 Å². The summed E-state index contributed by atoms with van der Waals surface area (Å²) in [6, 6.07) is -0.248. The number of carbonyl (C=O) groups excluding carboxylic acids is 2. The van der Waals surface area contributed by atoms with Gasteiger partial charge in [0.05, 0.1) is 6.04 Å². The van der Waals surface area contributed by atoms with Gasteiger partial charge in [0.1, 0.15) is 0 Å². The van der Waals surface area contributed by atoms with Crippen molar-refractivity contribution in [1.82, 2.24) is 5.32 Å². The van der Waals surface area contributed by atoms with E-state index in [0.717, 1.165) is 12.8 Å². The summed E-state index contributed by atoms with van der Waals surface area (Å²) in [6.07, 6.45) is 2.13. The molecule has 0 aliphatic heterocycles. The van der Waals surface area contributed by atoms with Gasteiger partial charge in [-0.25, -0.2) is 0 Å². The van der Waals surface area contributed by atoms with Crippen LogP contribution in [0.2, 0.25) is 0 Å². The SMILES string of the molecule is CC(=O)C(NC(=O)C(C)(C)C)C1CC1. The minimum Gasteiger partial charge on any atom is -0.346 e. The Morgan fingerprint density at radius 1 is 1.29 bits per heavy atom. The van der Waals surface area contributed by atoms with Crippen LogP contribution >= 0.6 is 0 Å². The molecule has 3 heteroatoms. The molecule has 1 fully saturated rings. The minimum atomic E-state index is -0.414. The van der Waals surface area contributed by atoms with Crippen LogP contribution in [0.15, 0.2) is 0 Å². The molecule has 0 aromatic rings. The van der Waals surface area contributed by atoms with E-state index in [9.17, 15) is 9.59 Å². The van der Waals surface area contributed by atoms with Gasteiger partial charge in [-0.05, 0) is 25.7 Å². The molecule has 1 N–H and O–H groups in total. The number of rotatable bonds is 3. The van der Waals surface area contributed by atoms with Crippen molar-refractivity contribution in [2.24, 2.45) is 11.3 Å². The first-order chi connectivity index (χ1) is 6.32. The van der Waals surface area contributed by atoms with E-state index in [0.29, 0.717) is 5.92 Å². The molecule has 1 rings (SSSR count). The standard InChI is InChI=1S/C11H19NO2/c1-7(13)9(8-5-6-8)12-10(14)11(2,3)4/h8-9H,5-6H2,1-4H3,(H,12,14). The molecule has 0 radical (unpaired) electrons. The molecule has 0 heterocycles. The molecule has 1 amide bonds. The van der Waals surface area contributed by atoms with Gasteiger partial charge < -0.3 is 5.32 Å². The van der Waals surface area contributed by atoms with E-state index in [1.54, 1.807) is 6.92 Å². The molecule has 1 saturated carbocycles. The molecule has 0 bridgehead atoms. The van der Waals surface area contributed by atoms with Gasteiger partial charge in [0.15, 0.2) is 5.78 Å². The van der Waals surface area contributed by atoms with E-state index in [4.69, 9.17) is 0 Å². The Balaban J connectivity index is 2.56. The summed E-state index contributed by atoms with van der Waals surface area (Å²) in [5, 5.41) is 2.83. The molecule has 14 heavy (non-hydrogen) atoms. The molecule has 1 aliphatic carbocycles. The van der Waals surface area contributed by atoms with Gasteiger partial charge in [-0.1, -0.05) is 20.8 Å². The van der Waals surface area contributed by atoms with Crippen LogP contribution < -0.4 is 5.32 Å². The Hall–Kier alpha value is -0.860. The predicted octanol–water partition coefficient (Wildman–Crippen LogP) is 1.52. The van der Waals surface area contributed by atoms with Gasteiger partial charge in [0, 0.05) is 5.41 Å². The zero-order valence-corrected chi connectivity index (χ0v) is 9.39. The van der Waals surface area contributed by atoms with E-state index in [1.807, 2.05) is 20.8 Å². The van der Waals surface area contributed by atoms with Crippen molar-refractivity contribution in [1.29, 1.82) is 0 Å². The van der Waals surface area contributed by atoms with Crippen LogP contribution in [0.25, 0.3) is 0 Å². The Bertz CT molecular complexity index is 249. The highest BCUT2D eigenvalue weighted by molar-refractivity contribution is 5.89. The van der Waals surface area contributed by atoms with Gasteiger partial charge >= 0.3 is 0 Å². The molecule has 0 aromatic carbocycles. The van der Waals surface area contributed by atoms with Crippen LogP contribution in [0.1, 0.15) is 40.5 Å². The van der Waals surface area contributed by atoms with Crippen molar-refractivity contribution in [3.8, 4) is 0 Å². The second-order valence-corrected chi connectivity index (χ2v) is 5.15. The van der Waals surface area contributed by atoms with E-state index in [-0.39, 0.29) is 17.7 Å². The molecule has 1 atom stereocenters. The van der Waals surface area contributed by atoms with Crippen LogP contribution in [0.3, 0.4) is 0 Å². The quantitative estimate of drug-likeness (QED) is 0.745. The lowest BCUT2D eigenvalue weighted by molar-refractivity contribution is -0.132. The molecule has 0 spiro atoms. The fourth-order valence-electron chi connectivity index (χ4n) is 1.34. The van der Waals surface area contributed by atoms with Crippen molar-refractivity contribution in [3.63, 3.8) is 0 Å². The highest BCUT2D eigenvalue weighted by Crippen LogP contribution is 2.33. The Morgan fingerprint density at radius 2 is 1.79 bits per heavy atom. The molecule has 0 saturated heterocycles. The molecule has 1 aliphatic rings. The van der Waals surface area contributed by atoms with E-state index < -0.39 is 5.41 Å². The van der Waals surface area contributed by atoms with Gasteiger partial charge in [0.25, 0.3) is 0 Å². The fraction of sp³-hybridized carbons (Fsp3) is 0.818. The number of Topliss-reactive ketones (excluding diaryl/α,β-unsaturated/α-hetero) is 1. The first kappa shape index (κ1) is 11.2. The monoisotopic (exact) mass is 197 g/mol. The third-order valence-corrected chi connectivity index (χ3v) is 2.50. The molecule has 0 aromatic heterocycles. The van der Waals surface area contributed by atoms with Crippen LogP contribution in [-0.2, 0) is 9.59 Å². The van der Waals surface area contributed by atoms with E-state index in [1.165, 1.54) is 0 Å². The largest absolute Gasteiger partial charge is 0.346 e. The number of carbonyl (C=O) groups is 2. The smallest absolute Gasteiger partial charge is 0.225 e. The van der Waals surface area contributed by atoms with Crippen molar-refractivity contribution in [3.05, 3.63) is 0 Å². The van der Waals surface area contributed by atoms with Crippen LogP contribution in [0, 0.1) is 11.3 Å². The van der Waals surface area contributed by atoms with E-state index >= 15 is 0 Å². The summed E-state index contributed by atoms with van der Waals surface area (Å²) >= 11 is 0. The number of ketones is 1. The van der Waals surface area contributed by atoms with Crippen LogP contribution in [0.5, 0.6) is 0 Å². The molecule has 80 valence electrons. The van der Waals surface area contributed by atoms with Gasteiger partial charge in [-0.3, -0.25) is 9.59 Å². The molecular formula is C11H19NO2. The summed E-state index contributed by atoms with van der Waals surface area (Å²) < 4.78 is 0. The number of hydrogen-bond donors (Lipinski definition) is 1. The lowest BCUT2D eigenvalue weighted by Gasteiger charge is -2.22. The van der Waals surface area contributed by atoms with Crippen molar-refractivity contribution in [2.75, 3.05) is 0 Å². The zero-order valence-electron chi connectivity index (χ0n) is 9.39. The summed E-state index contributed by atoms with van der Waals surface area (Å²) in [5.41, 5.74) is -0.414. The Kier molecular flexibility index (Phi) is 2.98. The summed E-state index contributed by atoms with van der Waals surface area (Å²) in [7, 11) is 0. The Morgan fingerprint density at radius 3 is 2.07 bits per heavy atom. The third kappa shape index (κ3) is 2.82.